The number of unbranched alkanes of at least 4 members (excludes halogenated alkanes) is 16. The van der Waals surface area contributed by atoms with Gasteiger partial charge >= 0.3 is 6.09 Å². The monoisotopic (exact) mass is 750 g/mol. The Kier molecular flexibility index (Phi) is 32.3. The van der Waals surface area contributed by atoms with Crippen LogP contribution < -0.4 is 21.3 Å². The van der Waals surface area contributed by atoms with Crippen LogP contribution in [0.4, 0.5) is 4.79 Å². The summed E-state index contributed by atoms with van der Waals surface area (Å²) >= 11 is 0. The van der Waals surface area contributed by atoms with Crippen LogP contribution in [0.1, 0.15) is 181 Å². The van der Waals surface area contributed by atoms with E-state index in [-0.39, 0.29) is 41.9 Å². The Morgan fingerprint density at radius 1 is 0.604 bits per heavy atom. The molecule has 0 rings (SSSR count). The fraction of sp³-hybridized carbons (Fsp3) is 0.875. The second kappa shape index (κ2) is 34.4. The lowest BCUT2D eigenvalue weighted by Gasteiger charge is -2.19. The van der Waals surface area contributed by atoms with Gasteiger partial charge in [0.1, 0.15) is 11.4 Å². The van der Waals surface area contributed by atoms with Crippen LogP contribution in [0, 0.1) is 5.92 Å². The summed E-state index contributed by atoms with van der Waals surface area (Å²) < 4.78 is 5.23. The van der Waals surface area contributed by atoms with E-state index in [9.17, 15) is 24.0 Å². The van der Waals surface area contributed by atoms with Crippen molar-refractivity contribution in [2.45, 2.75) is 187 Å². The minimum absolute atomic E-state index is 0.0577. The van der Waals surface area contributed by atoms with Gasteiger partial charge < -0.3 is 26.0 Å². The Hall–Kier alpha value is -3.34. The highest BCUT2D eigenvalue weighted by Gasteiger charge is 2.21. The first-order valence-electron chi connectivity index (χ1n) is 20.7. The highest BCUT2D eigenvalue weighted by Crippen LogP contribution is 2.17. The summed E-state index contributed by atoms with van der Waals surface area (Å²) in [6, 6.07) is 0. The van der Waals surface area contributed by atoms with Crippen LogP contribution in [0.25, 0.3) is 10.4 Å². The molecular weight excluding hydrogens is 674 g/mol. The van der Waals surface area contributed by atoms with Crippen molar-refractivity contribution < 1.29 is 28.7 Å². The third-order valence-electron chi connectivity index (χ3n) is 9.08. The third-order valence-corrected chi connectivity index (χ3v) is 9.08. The van der Waals surface area contributed by atoms with Gasteiger partial charge in [0, 0.05) is 69.7 Å². The van der Waals surface area contributed by atoms with E-state index in [0.29, 0.717) is 64.7 Å². The van der Waals surface area contributed by atoms with E-state index in [1.54, 1.807) is 7.05 Å². The zero-order valence-corrected chi connectivity index (χ0v) is 33.9. The minimum atomic E-state index is -0.476. The van der Waals surface area contributed by atoms with Crippen LogP contribution in [-0.2, 0) is 23.9 Å². The smallest absolute Gasteiger partial charge is 0.407 e. The van der Waals surface area contributed by atoms with Gasteiger partial charge in [0.25, 0.3) is 0 Å². The normalized spacial score (nSPS) is 11.6. The number of carbonyl (C=O) groups excluding carboxylic acids is 5. The Balaban J connectivity index is 4.16. The number of azide groups is 1. The molecular formula is C40H75N7O6. The van der Waals surface area contributed by atoms with Gasteiger partial charge in [-0.05, 0) is 77.7 Å². The van der Waals surface area contributed by atoms with E-state index in [1.807, 2.05) is 20.8 Å². The number of nitrogens with one attached hydrogen (secondary N) is 4. The Labute approximate surface area is 320 Å². The van der Waals surface area contributed by atoms with Gasteiger partial charge in [0.2, 0.25) is 17.7 Å². The molecule has 0 saturated heterocycles. The molecule has 306 valence electrons. The summed E-state index contributed by atoms with van der Waals surface area (Å²) in [5.41, 5.74) is 7.96. The minimum Gasteiger partial charge on any atom is -0.444 e. The number of hydrogen-bond acceptors (Lipinski definition) is 7. The number of ketones is 1. The van der Waals surface area contributed by atoms with Crippen LogP contribution in [0.15, 0.2) is 5.11 Å². The maximum Gasteiger partial charge on any atom is 0.407 e. The van der Waals surface area contributed by atoms with Gasteiger partial charge in [0.15, 0.2) is 0 Å². The summed E-state index contributed by atoms with van der Waals surface area (Å²) in [7, 11) is 1.67. The molecule has 0 heterocycles. The van der Waals surface area contributed by atoms with Crippen LogP contribution in [0.5, 0.6) is 0 Å². The zero-order valence-electron chi connectivity index (χ0n) is 33.9. The van der Waals surface area contributed by atoms with Crippen molar-refractivity contribution in [2.24, 2.45) is 11.0 Å². The lowest BCUT2D eigenvalue weighted by atomic mass is 9.93. The molecule has 0 bridgehead atoms. The molecule has 0 aliphatic carbocycles. The van der Waals surface area contributed by atoms with Crippen molar-refractivity contribution >= 4 is 29.6 Å². The highest BCUT2D eigenvalue weighted by molar-refractivity contribution is 5.86. The largest absolute Gasteiger partial charge is 0.444 e. The number of carbonyl (C=O) groups is 5. The van der Waals surface area contributed by atoms with E-state index in [0.717, 1.165) is 116 Å². The molecule has 13 heteroatoms. The summed E-state index contributed by atoms with van der Waals surface area (Å²) in [4.78, 5) is 63.7. The summed E-state index contributed by atoms with van der Waals surface area (Å²) in [5, 5.41) is 15.0. The van der Waals surface area contributed by atoms with Crippen molar-refractivity contribution in [1.29, 1.82) is 0 Å². The number of nitrogens with zero attached hydrogens (tertiary/aromatic N) is 3. The first-order valence-corrected chi connectivity index (χ1v) is 20.7. The quantitative estimate of drug-likeness (QED) is 0.0217. The van der Waals surface area contributed by atoms with E-state index in [2.05, 4.69) is 31.3 Å². The SMILES string of the molecule is CNC(=O)CCCCCCCCCCNC(=O)[C@H](CCCCNC(=O)CCCCCCCCCCNC(=O)OC(C)(C)C)CC(=O)CCCCN=[N+]=[N-]. The molecule has 0 fully saturated rings. The fourth-order valence-electron chi connectivity index (χ4n) is 6.01. The number of alkyl carbamates (subject to hydrolysis) is 1. The van der Waals surface area contributed by atoms with Crippen molar-refractivity contribution in [2.75, 3.05) is 33.2 Å². The Morgan fingerprint density at radius 3 is 1.62 bits per heavy atom. The molecule has 4 N–H and O–H groups in total. The number of Topliss-reactive ketones (excluding diaryl/α,β-unsaturated/α-hetero) is 1. The van der Waals surface area contributed by atoms with Crippen LogP contribution in [0.3, 0.4) is 0 Å². The molecule has 53 heavy (non-hydrogen) atoms. The Morgan fingerprint density at radius 2 is 1.08 bits per heavy atom. The van der Waals surface area contributed by atoms with E-state index >= 15 is 0 Å². The zero-order chi connectivity index (χ0) is 39.4. The van der Waals surface area contributed by atoms with E-state index in [4.69, 9.17) is 10.3 Å². The molecule has 1 atom stereocenters. The molecule has 4 amide bonds. The first kappa shape index (κ1) is 49.7. The maximum atomic E-state index is 13.1. The Bertz CT molecular complexity index is 1040. The maximum absolute atomic E-state index is 13.1. The topological polar surface area (TPSA) is 191 Å². The summed E-state index contributed by atoms with van der Waals surface area (Å²) in [5.74, 6) is -0.219. The molecule has 0 radical (unpaired) electrons. The molecule has 0 aliphatic heterocycles. The second-order valence-corrected chi connectivity index (χ2v) is 15.2. The molecule has 0 aromatic carbocycles. The summed E-state index contributed by atoms with van der Waals surface area (Å²) in [6.45, 7) is 7.73. The van der Waals surface area contributed by atoms with E-state index < -0.39 is 5.60 Å². The molecule has 13 nitrogen and oxygen atoms in total. The standard InChI is InChI=1S/C40H75N7O6/c1-40(2,3)53-39(52)45-31-22-16-12-8-6-10-14-18-28-37(50)43-29-23-19-25-34(33-35(48)26-20-24-32-46-47-41)38(51)44-30-21-15-11-7-5-9-13-17-27-36(49)42-4/h34H,5-33H2,1-4H3,(H,42,49)(H,43,50)(H,44,51)(H,45,52)/t34-/m1/s1. The highest BCUT2D eigenvalue weighted by atomic mass is 16.6. The van der Waals surface area contributed by atoms with Crippen LogP contribution in [-0.4, -0.2) is 68.4 Å². The molecule has 0 aromatic heterocycles. The predicted molar refractivity (Wildman–Crippen MR) is 212 cm³/mol. The lowest BCUT2D eigenvalue weighted by molar-refractivity contribution is -0.129. The molecule has 0 aromatic rings. The molecule has 0 spiro atoms. The molecule has 0 saturated carbocycles. The van der Waals surface area contributed by atoms with Crippen LogP contribution >= 0.6 is 0 Å². The molecule has 0 aliphatic rings. The van der Waals surface area contributed by atoms with Gasteiger partial charge in [-0.25, -0.2) is 4.79 Å². The average Bonchev–Trinajstić information content (AvgIpc) is 3.11. The molecule has 0 unspecified atom stereocenters. The second-order valence-electron chi connectivity index (χ2n) is 15.2. The van der Waals surface area contributed by atoms with Crippen molar-refractivity contribution in [3.05, 3.63) is 10.4 Å². The van der Waals surface area contributed by atoms with Crippen LogP contribution in [0.2, 0.25) is 0 Å². The van der Waals surface area contributed by atoms with E-state index in [1.165, 1.54) is 0 Å². The van der Waals surface area contributed by atoms with Gasteiger partial charge in [0.05, 0.1) is 0 Å². The van der Waals surface area contributed by atoms with Gasteiger partial charge in [-0.3, -0.25) is 19.2 Å². The van der Waals surface area contributed by atoms with Crippen molar-refractivity contribution in [3.8, 4) is 0 Å². The van der Waals surface area contributed by atoms with Crippen molar-refractivity contribution in [3.63, 3.8) is 0 Å². The number of rotatable bonds is 35. The number of hydrogen-bond donors (Lipinski definition) is 4. The predicted octanol–water partition coefficient (Wildman–Crippen LogP) is 8.74. The summed E-state index contributed by atoms with van der Waals surface area (Å²) in [6.07, 6.45) is 21.8. The number of ether oxygens (including phenoxy) is 1. The fourth-order valence-corrected chi connectivity index (χ4v) is 6.01. The average molecular weight is 750 g/mol. The third kappa shape index (κ3) is 35.5. The lowest BCUT2D eigenvalue weighted by Crippen LogP contribution is -2.33. The van der Waals surface area contributed by atoms with Crippen molar-refractivity contribution in [1.82, 2.24) is 21.3 Å². The number of amides is 4. The first-order chi connectivity index (χ1) is 25.5. The van der Waals surface area contributed by atoms with Gasteiger partial charge in [-0.15, -0.1) is 0 Å². The van der Waals surface area contributed by atoms with Gasteiger partial charge in [-0.2, -0.15) is 0 Å². The van der Waals surface area contributed by atoms with Gasteiger partial charge in [-0.1, -0.05) is 88.6 Å².